The molecule has 2 aromatic heterocycles. The lowest BCUT2D eigenvalue weighted by Gasteiger charge is -2.25. The van der Waals surface area contributed by atoms with Gasteiger partial charge in [-0.05, 0) is 59.9 Å². The van der Waals surface area contributed by atoms with Crippen molar-refractivity contribution < 1.29 is 14.3 Å². The molecule has 0 atom stereocenters. The molecule has 0 saturated heterocycles. The lowest BCUT2D eigenvalue weighted by atomic mass is 9.94. The first-order valence-electron chi connectivity index (χ1n) is 13.5. The number of benzene rings is 2. The number of ketones is 1. The third-order valence-corrected chi connectivity index (χ3v) is 6.71. The molecule has 40 heavy (non-hydrogen) atoms. The first-order valence-corrected chi connectivity index (χ1v) is 13.5. The van der Waals surface area contributed by atoms with Crippen LogP contribution in [0.3, 0.4) is 0 Å². The Kier molecular flexibility index (Phi) is 8.23. The average molecular weight is 543 g/mol. The quantitative estimate of drug-likeness (QED) is 0.254. The van der Waals surface area contributed by atoms with Crippen LogP contribution in [0.25, 0.3) is 22.3 Å². The van der Waals surface area contributed by atoms with E-state index in [4.69, 9.17) is 15.6 Å². The number of Topliss-reactive ketones (excluding diaryl/α,β-unsaturated/α-hetero) is 1. The molecule has 0 unspecified atom stereocenters. The number of hydrogen-bond donors (Lipinski definition) is 2. The third-order valence-electron chi connectivity index (χ3n) is 6.71. The summed E-state index contributed by atoms with van der Waals surface area (Å²) in [6.45, 7) is 12.1. The Bertz CT molecular complexity index is 1500. The van der Waals surface area contributed by atoms with Gasteiger partial charge >= 0.3 is 6.09 Å². The Labute approximate surface area is 235 Å². The van der Waals surface area contributed by atoms with Crippen LogP contribution in [0, 0.1) is 6.92 Å². The molecule has 9 heteroatoms. The normalized spacial score (nSPS) is 11.9. The Morgan fingerprint density at radius 3 is 2.30 bits per heavy atom. The highest BCUT2D eigenvalue weighted by atomic mass is 16.6. The Morgan fingerprint density at radius 1 is 0.975 bits per heavy atom. The molecular formula is C31H38N6O3. The molecule has 9 nitrogen and oxygen atoms in total. The molecule has 0 fully saturated rings. The highest BCUT2D eigenvalue weighted by molar-refractivity contribution is 5.98. The van der Waals surface area contributed by atoms with Gasteiger partial charge in [-0.3, -0.25) is 4.79 Å². The number of hydrogen-bond acceptors (Lipinski definition) is 7. The lowest BCUT2D eigenvalue weighted by molar-refractivity contribution is 0.0528. The predicted molar refractivity (Wildman–Crippen MR) is 157 cm³/mol. The molecular weight excluding hydrogens is 504 g/mol. The molecule has 2 heterocycles. The van der Waals surface area contributed by atoms with Crippen molar-refractivity contribution in [3.63, 3.8) is 0 Å². The predicted octanol–water partition coefficient (Wildman–Crippen LogP) is 5.85. The van der Waals surface area contributed by atoms with E-state index in [2.05, 4.69) is 15.3 Å². The van der Waals surface area contributed by atoms with E-state index in [-0.39, 0.29) is 5.78 Å². The van der Waals surface area contributed by atoms with E-state index in [0.717, 1.165) is 22.4 Å². The summed E-state index contributed by atoms with van der Waals surface area (Å²) in [4.78, 5) is 33.6. The number of anilines is 1. The van der Waals surface area contributed by atoms with Crippen LogP contribution in [0.2, 0.25) is 0 Å². The summed E-state index contributed by atoms with van der Waals surface area (Å²) in [6, 6.07) is 15.6. The van der Waals surface area contributed by atoms with E-state index in [1.807, 2.05) is 94.8 Å². The van der Waals surface area contributed by atoms with Crippen LogP contribution in [0.15, 0.2) is 54.9 Å². The second-order valence-corrected chi connectivity index (χ2v) is 11.7. The number of carbonyl (C=O) groups excluding carboxylic acids is 2. The summed E-state index contributed by atoms with van der Waals surface area (Å²) >= 11 is 0. The number of rotatable bonds is 9. The number of aryl methyl sites for hydroxylation is 1. The first-order chi connectivity index (χ1) is 18.8. The largest absolute Gasteiger partial charge is 0.444 e. The molecule has 3 N–H and O–H groups in total. The minimum Gasteiger partial charge on any atom is -0.444 e. The standard InChI is InChI=1S/C31H38N6O3/c1-20-7-11-23(12-8-20)26-25-27(32)34-19-35-28(25)37(36-26)31(5,6)17-15-24(38)22-13-9-21(10-14-22)16-18-33-29(39)40-30(2,3)4/h7-14,19H,15-18H2,1-6H3,(H,33,39)(H2,32,34,35). The molecule has 1 amide bonds. The molecule has 2 aromatic carbocycles. The van der Waals surface area contributed by atoms with Crippen molar-refractivity contribution in [3.05, 3.63) is 71.5 Å². The van der Waals surface area contributed by atoms with Gasteiger partial charge in [-0.2, -0.15) is 5.10 Å². The van der Waals surface area contributed by atoms with Crippen LogP contribution in [0.1, 0.15) is 68.9 Å². The van der Waals surface area contributed by atoms with Gasteiger partial charge < -0.3 is 15.8 Å². The highest BCUT2D eigenvalue weighted by Gasteiger charge is 2.28. The van der Waals surface area contributed by atoms with Crippen LogP contribution >= 0.6 is 0 Å². The molecule has 4 rings (SSSR count). The molecule has 0 radical (unpaired) electrons. The zero-order chi connectivity index (χ0) is 29.1. The molecule has 0 saturated carbocycles. The van der Waals surface area contributed by atoms with Crippen molar-refractivity contribution in [3.8, 4) is 11.3 Å². The van der Waals surface area contributed by atoms with Gasteiger partial charge in [0.1, 0.15) is 23.4 Å². The second kappa shape index (κ2) is 11.5. The highest BCUT2D eigenvalue weighted by Crippen LogP contribution is 2.34. The summed E-state index contributed by atoms with van der Waals surface area (Å²) in [6.07, 6.45) is 2.55. The van der Waals surface area contributed by atoms with Crippen molar-refractivity contribution in [1.82, 2.24) is 25.1 Å². The maximum Gasteiger partial charge on any atom is 0.407 e. The van der Waals surface area contributed by atoms with Gasteiger partial charge in [0.25, 0.3) is 0 Å². The number of amides is 1. The lowest BCUT2D eigenvalue weighted by Crippen LogP contribution is -2.33. The number of carbonyl (C=O) groups is 2. The topological polar surface area (TPSA) is 125 Å². The van der Waals surface area contributed by atoms with Crippen molar-refractivity contribution in [1.29, 1.82) is 0 Å². The van der Waals surface area contributed by atoms with Crippen LogP contribution in [0.5, 0.6) is 0 Å². The molecule has 0 spiro atoms. The summed E-state index contributed by atoms with van der Waals surface area (Å²) in [7, 11) is 0. The van der Waals surface area contributed by atoms with Crippen molar-refractivity contribution in [2.24, 2.45) is 0 Å². The van der Waals surface area contributed by atoms with E-state index in [1.165, 1.54) is 6.33 Å². The van der Waals surface area contributed by atoms with E-state index >= 15 is 0 Å². The minimum absolute atomic E-state index is 0.0517. The minimum atomic E-state index is -0.532. The third kappa shape index (κ3) is 6.83. The Morgan fingerprint density at radius 2 is 1.65 bits per heavy atom. The zero-order valence-electron chi connectivity index (χ0n) is 24.1. The maximum atomic E-state index is 13.1. The summed E-state index contributed by atoms with van der Waals surface area (Å²) < 4.78 is 7.12. The van der Waals surface area contributed by atoms with Gasteiger partial charge in [0, 0.05) is 24.1 Å². The van der Waals surface area contributed by atoms with Gasteiger partial charge in [0.15, 0.2) is 11.4 Å². The summed E-state index contributed by atoms with van der Waals surface area (Å²) in [5, 5.41) is 8.39. The molecule has 4 aromatic rings. The Balaban J connectivity index is 1.43. The monoisotopic (exact) mass is 542 g/mol. The second-order valence-electron chi connectivity index (χ2n) is 11.7. The van der Waals surface area contributed by atoms with Gasteiger partial charge in [0.2, 0.25) is 0 Å². The van der Waals surface area contributed by atoms with Crippen molar-refractivity contribution >= 4 is 28.7 Å². The van der Waals surface area contributed by atoms with Crippen LogP contribution in [0.4, 0.5) is 10.6 Å². The van der Waals surface area contributed by atoms with E-state index in [9.17, 15) is 9.59 Å². The maximum absolute atomic E-state index is 13.1. The van der Waals surface area contributed by atoms with Crippen LogP contribution in [-0.2, 0) is 16.7 Å². The number of nitrogens with zero attached hydrogens (tertiary/aromatic N) is 4. The van der Waals surface area contributed by atoms with Gasteiger partial charge in [-0.25, -0.2) is 19.4 Å². The SMILES string of the molecule is Cc1ccc(-c2nn(C(C)(C)CCC(=O)c3ccc(CCNC(=O)OC(C)(C)C)cc3)c3ncnc(N)c23)cc1. The Hall–Kier alpha value is -4.27. The fourth-order valence-corrected chi connectivity index (χ4v) is 4.46. The molecule has 0 bridgehead atoms. The van der Waals surface area contributed by atoms with Gasteiger partial charge in [-0.15, -0.1) is 0 Å². The van der Waals surface area contributed by atoms with E-state index in [0.29, 0.717) is 48.2 Å². The first kappa shape index (κ1) is 28.7. The van der Waals surface area contributed by atoms with Crippen molar-refractivity contribution in [2.45, 2.75) is 71.9 Å². The fraction of sp³-hybridized carbons (Fsp3) is 0.387. The number of nitrogens with two attached hydrogens (primary N) is 1. The van der Waals surface area contributed by atoms with Crippen LogP contribution < -0.4 is 11.1 Å². The van der Waals surface area contributed by atoms with E-state index in [1.54, 1.807) is 0 Å². The molecule has 0 aliphatic carbocycles. The molecule has 0 aliphatic heterocycles. The summed E-state index contributed by atoms with van der Waals surface area (Å²) in [5.41, 5.74) is 10.4. The number of fused-ring (bicyclic) bond motifs is 1. The smallest absolute Gasteiger partial charge is 0.407 e. The van der Waals surface area contributed by atoms with Gasteiger partial charge in [0.05, 0.1) is 10.9 Å². The molecule has 0 aliphatic rings. The van der Waals surface area contributed by atoms with Crippen molar-refractivity contribution in [2.75, 3.05) is 12.3 Å². The number of ether oxygens (including phenoxy) is 1. The van der Waals surface area contributed by atoms with E-state index < -0.39 is 17.2 Å². The number of alkyl carbamates (subject to hydrolysis) is 1. The average Bonchev–Trinajstić information content (AvgIpc) is 3.29. The number of aromatic nitrogens is 4. The van der Waals surface area contributed by atoms with Gasteiger partial charge in [-0.1, -0.05) is 54.1 Å². The fourth-order valence-electron chi connectivity index (χ4n) is 4.46. The molecule has 210 valence electrons. The number of nitrogen functional groups attached to an aromatic ring is 1. The van der Waals surface area contributed by atoms with Crippen LogP contribution in [-0.4, -0.2) is 43.8 Å². The summed E-state index contributed by atoms with van der Waals surface area (Å²) in [5.74, 6) is 0.427. The zero-order valence-corrected chi connectivity index (χ0v) is 24.1. The number of nitrogens with one attached hydrogen (secondary N) is 1.